The predicted molar refractivity (Wildman–Crippen MR) is 66.6 cm³/mol. The Morgan fingerprint density at radius 1 is 1.38 bits per heavy atom. The van der Waals surface area contributed by atoms with Crippen LogP contribution in [0.5, 0.6) is 0 Å². The van der Waals surface area contributed by atoms with E-state index in [1.807, 2.05) is 0 Å². The number of hydrogen-bond acceptors (Lipinski definition) is 3. The van der Waals surface area contributed by atoms with Gasteiger partial charge in [-0.2, -0.15) is 0 Å². The maximum atomic E-state index is 10.8. The fourth-order valence-electron chi connectivity index (χ4n) is 2.50. The number of hydrogen-bond donors (Lipinski definition) is 1. The fraction of sp³-hybridized carbons (Fsp3) is 1.00. The second kappa shape index (κ2) is 5.98. The highest BCUT2D eigenvalue weighted by Gasteiger charge is 2.22. The molecule has 0 saturated heterocycles. The largest absolute Gasteiger partial charge is 0.303 e. The molecule has 2 atom stereocenters. The van der Waals surface area contributed by atoms with E-state index in [0.29, 0.717) is 12.5 Å². The van der Waals surface area contributed by atoms with Crippen LogP contribution in [0.4, 0.5) is 0 Å². The second-order valence-corrected chi connectivity index (χ2v) is 6.86. The normalized spacial score (nSPS) is 27.2. The third kappa shape index (κ3) is 5.27. The molecule has 0 aromatic heterocycles. The summed E-state index contributed by atoms with van der Waals surface area (Å²) in [4.78, 5) is 2.29. The van der Waals surface area contributed by atoms with E-state index < -0.39 is 10.0 Å². The number of nitrogens with zero attached hydrogens (tertiary/aromatic N) is 1. The van der Waals surface area contributed by atoms with Gasteiger partial charge in [0.25, 0.3) is 0 Å². The molecule has 0 radical (unpaired) electrons. The topological polar surface area (TPSA) is 63.4 Å². The molecule has 1 rings (SSSR count). The van der Waals surface area contributed by atoms with Gasteiger partial charge in [-0.25, -0.2) is 13.6 Å². The zero-order valence-corrected chi connectivity index (χ0v) is 11.2. The predicted octanol–water partition coefficient (Wildman–Crippen LogP) is 1.18. The Morgan fingerprint density at radius 2 is 2.06 bits per heavy atom. The third-order valence-corrected chi connectivity index (χ3v) is 4.33. The summed E-state index contributed by atoms with van der Waals surface area (Å²) in [6, 6.07) is 0.629. The van der Waals surface area contributed by atoms with Crippen molar-refractivity contribution in [3.63, 3.8) is 0 Å². The van der Waals surface area contributed by atoms with E-state index in [0.717, 1.165) is 12.5 Å². The Bertz CT molecular complexity index is 303. The van der Waals surface area contributed by atoms with E-state index in [2.05, 4.69) is 18.9 Å². The van der Waals surface area contributed by atoms with E-state index in [-0.39, 0.29) is 5.75 Å². The lowest BCUT2D eigenvalue weighted by atomic mass is 9.86. The highest BCUT2D eigenvalue weighted by atomic mass is 32.2. The van der Waals surface area contributed by atoms with E-state index in [9.17, 15) is 8.42 Å². The van der Waals surface area contributed by atoms with Gasteiger partial charge in [0.05, 0.1) is 5.75 Å². The maximum absolute atomic E-state index is 10.8. The van der Waals surface area contributed by atoms with Gasteiger partial charge in [0.1, 0.15) is 0 Å². The highest BCUT2D eigenvalue weighted by Crippen LogP contribution is 2.26. The summed E-state index contributed by atoms with van der Waals surface area (Å²) in [5, 5.41) is 4.98. The fourth-order valence-corrected chi connectivity index (χ4v) is 3.03. The van der Waals surface area contributed by atoms with Crippen molar-refractivity contribution >= 4 is 10.0 Å². The van der Waals surface area contributed by atoms with Crippen LogP contribution in [-0.2, 0) is 10.0 Å². The first-order valence-electron chi connectivity index (χ1n) is 6.09. The minimum atomic E-state index is -3.29. The lowest BCUT2D eigenvalue weighted by Gasteiger charge is -2.34. The van der Waals surface area contributed by atoms with E-state index in [1.165, 1.54) is 25.7 Å². The molecule has 1 saturated carbocycles. The minimum Gasteiger partial charge on any atom is -0.303 e. The molecule has 0 aromatic carbocycles. The molecular formula is C11H24N2O2S. The van der Waals surface area contributed by atoms with Crippen LogP contribution in [0.25, 0.3) is 0 Å². The quantitative estimate of drug-likeness (QED) is 0.794. The molecule has 1 aliphatic rings. The van der Waals surface area contributed by atoms with Crippen LogP contribution < -0.4 is 5.14 Å². The van der Waals surface area contributed by atoms with Gasteiger partial charge in [-0.15, -0.1) is 0 Å². The van der Waals surface area contributed by atoms with Gasteiger partial charge in [0, 0.05) is 6.04 Å². The lowest BCUT2D eigenvalue weighted by Crippen LogP contribution is -2.37. The van der Waals surface area contributed by atoms with Crippen molar-refractivity contribution in [2.24, 2.45) is 11.1 Å². The summed E-state index contributed by atoms with van der Waals surface area (Å²) in [6.07, 6.45) is 5.76. The monoisotopic (exact) mass is 248 g/mol. The number of sulfonamides is 1. The van der Waals surface area contributed by atoms with Crippen LogP contribution >= 0.6 is 0 Å². The number of rotatable bonds is 5. The first kappa shape index (κ1) is 13.9. The third-order valence-electron chi connectivity index (χ3n) is 3.47. The highest BCUT2D eigenvalue weighted by molar-refractivity contribution is 7.89. The standard InChI is InChI=1S/C11H24N2O2S/c1-10-5-3-6-11(9-10)13(2)7-4-8-16(12,14)15/h10-11H,3-9H2,1-2H3,(H2,12,14,15). The summed E-state index contributed by atoms with van der Waals surface area (Å²) in [7, 11) is -1.20. The summed E-state index contributed by atoms with van der Waals surface area (Å²) >= 11 is 0. The van der Waals surface area contributed by atoms with Gasteiger partial charge in [0.2, 0.25) is 10.0 Å². The molecule has 0 spiro atoms. The molecule has 16 heavy (non-hydrogen) atoms. The van der Waals surface area contributed by atoms with Crippen molar-refractivity contribution in [1.82, 2.24) is 4.90 Å². The molecule has 1 aliphatic carbocycles. The van der Waals surface area contributed by atoms with Crippen LogP contribution in [-0.4, -0.2) is 38.7 Å². The molecule has 4 nitrogen and oxygen atoms in total. The number of primary sulfonamides is 1. The van der Waals surface area contributed by atoms with Crippen LogP contribution in [0.1, 0.15) is 39.0 Å². The zero-order valence-electron chi connectivity index (χ0n) is 10.4. The molecule has 0 heterocycles. The molecule has 2 unspecified atom stereocenters. The Hall–Kier alpha value is -0.130. The average molecular weight is 248 g/mol. The van der Waals surface area contributed by atoms with Gasteiger partial charge < -0.3 is 4.90 Å². The van der Waals surface area contributed by atoms with Crippen LogP contribution in [0, 0.1) is 5.92 Å². The molecule has 2 N–H and O–H groups in total. The Labute approximate surface area is 99.2 Å². The van der Waals surface area contributed by atoms with E-state index in [1.54, 1.807) is 0 Å². The van der Waals surface area contributed by atoms with Crippen molar-refractivity contribution in [2.75, 3.05) is 19.3 Å². The second-order valence-electron chi connectivity index (χ2n) is 5.13. The molecule has 96 valence electrons. The maximum Gasteiger partial charge on any atom is 0.209 e. The Balaban J connectivity index is 2.26. The molecular weight excluding hydrogens is 224 g/mol. The lowest BCUT2D eigenvalue weighted by molar-refractivity contribution is 0.164. The molecule has 0 aromatic rings. The van der Waals surface area contributed by atoms with E-state index >= 15 is 0 Å². The molecule has 0 aliphatic heterocycles. The molecule has 0 amide bonds. The van der Waals surface area contributed by atoms with Gasteiger partial charge >= 0.3 is 0 Å². The van der Waals surface area contributed by atoms with Gasteiger partial charge in [-0.3, -0.25) is 0 Å². The summed E-state index contributed by atoms with van der Waals surface area (Å²) in [6.45, 7) is 3.12. The average Bonchev–Trinajstić information content (AvgIpc) is 2.15. The Morgan fingerprint density at radius 3 is 2.62 bits per heavy atom. The molecule has 1 fully saturated rings. The Kier molecular flexibility index (Phi) is 5.21. The van der Waals surface area contributed by atoms with Crippen molar-refractivity contribution in [1.29, 1.82) is 0 Å². The van der Waals surface area contributed by atoms with E-state index in [4.69, 9.17) is 5.14 Å². The zero-order chi connectivity index (χ0) is 12.2. The summed E-state index contributed by atoms with van der Waals surface area (Å²) < 4.78 is 21.6. The van der Waals surface area contributed by atoms with Crippen LogP contribution in [0.15, 0.2) is 0 Å². The summed E-state index contributed by atoms with van der Waals surface area (Å²) in [5.41, 5.74) is 0. The number of nitrogens with two attached hydrogens (primary N) is 1. The van der Waals surface area contributed by atoms with Crippen LogP contribution in [0.2, 0.25) is 0 Å². The van der Waals surface area contributed by atoms with Gasteiger partial charge in [-0.1, -0.05) is 19.8 Å². The van der Waals surface area contributed by atoms with Crippen molar-refractivity contribution in [2.45, 2.75) is 45.1 Å². The van der Waals surface area contributed by atoms with Gasteiger partial charge in [0.15, 0.2) is 0 Å². The van der Waals surface area contributed by atoms with Crippen molar-refractivity contribution < 1.29 is 8.42 Å². The summed E-state index contributed by atoms with van der Waals surface area (Å²) in [5.74, 6) is 0.902. The minimum absolute atomic E-state index is 0.0968. The SMILES string of the molecule is CC1CCCC(N(C)CCCS(N)(=O)=O)C1. The van der Waals surface area contributed by atoms with Crippen molar-refractivity contribution in [3.05, 3.63) is 0 Å². The van der Waals surface area contributed by atoms with Gasteiger partial charge in [-0.05, 0) is 38.8 Å². The first-order valence-corrected chi connectivity index (χ1v) is 7.81. The molecule has 0 bridgehead atoms. The smallest absolute Gasteiger partial charge is 0.209 e. The first-order chi connectivity index (χ1) is 7.38. The van der Waals surface area contributed by atoms with Crippen molar-refractivity contribution in [3.8, 4) is 0 Å². The van der Waals surface area contributed by atoms with Crippen LogP contribution in [0.3, 0.4) is 0 Å². The molecule has 5 heteroatoms.